The number of hydrogen-bond donors (Lipinski definition) is 1. The fraction of sp³-hybridized carbons (Fsp3) is 0.500. The van der Waals surface area contributed by atoms with Crippen molar-refractivity contribution < 1.29 is 14.3 Å². The number of piperidine rings is 1. The summed E-state index contributed by atoms with van der Waals surface area (Å²) in [6.07, 6.45) is 6.55. The smallest absolute Gasteiger partial charge is 0.272 e. The van der Waals surface area contributed by atoms with Crippen molar-refractivity contribution in [3.05, 3.63) is 41.9 Å². The Morgan fingerprint density at radius 2 is 2.00 bits per heavy atom. The molecule has 1 saturated heterocycles. The minimum absolute atomic E-state index is 0.00175. The molecule has 0 saturated carbocycles. The van der Waals surface area contributed by atoms with Gasteiger partial charge in [-0.2, -0.15) is 0 Å². The quantitative estimate of drug-likeness (QED) is 0.733. The van der Waals surface area contributed by atoms with Gasteiger partial charge in [0, 0.05) is 25.2 Å². The summed E-state index contributed by atoms with van der Waals surface area (Å²) in [6.45, 7) is 3.63. The first-order valence-corrected chi connectivity index (χ1v) is 10.2. The molecule has 1 aromatic heterocycles. The molecule has 7 nitrogen and oxygen atoms in total. The molecule has 1 amide bonds. The summed E-state index contributed by atoms with van der Waals surface area (Å²) in [7, 11) is 3.25. The maximum absolute atomic E-state index is 12.9. The van der Waals surface area contributed by atoms with Crippen LogP contribution < -0.4 is 14.8 Å². The van der Waals surface area contributed by atoms with Crippen LogP contribution >= 0.6 is 0 Å². The molecule has 1 unspecified atom stereocenters. The fourth-order valence-electron chi connectivity index (χ4n) is 3.78. The van der Waals surface area contributed by atoms with E-state index in [0.29, 0.717) is 35.6 Å². The van der Waals surface area contributed by atoms with Crippen LogP contribution in [-0.2, 0) is 6.42 Å². The topological polar surface area (TPSA) is 76.6 Å². The van der Waals surface area contributed by atoms with E-state index in [1.165, 1.54) is 12.7 Å². The van der Waals surface area contributed by atoms with Crippen LogP contribution in [0.25, 0.3) is 0 Å². The molecule has 2 aromatic rings. The van der Waals surface area contributed by atoms with E-state index in [1.807, 2.05) is 23.1 Å². The summed E-state index contributed by atoms with van der Waals surface area (Å²) in [4.78, 5) is 23.4. The van der Waals surface area contributed by atoms with Gasteiger partial charge in [-0.25, -0.2) is 9.97 Å². The molecule has 1 fully saturated rings. The Morgan fingerprint density at radius 3 is 2.76 bits per heavy atom. The first-order chi connectivity index (χ1) is 14.2. The van der Waals surface area contributed by atoms with Gasteiger partial charge in [-0.3, -0.25) is 4.79 Å². The molecular formula is C22H30N4O3. The summed E-state index contributed by atoms with van der Waals surface area (Å²) in [5.74, 6) is 2.09. The van der Waals surface area contributed by atoms with E-state index in [4.69, 9.17) is 9.47 Å². The van der Waals surface area contributed by atoms with Gasteiger partial charge in [0.05, 0.1) is 14.2 Å². The summed E-state index contributed by atoms with van der Waals surface area (Å²) in [5.41, 5.74) is 1.58. The molecule has 1 aliphatic heterocycles. The van der Waals surface area contributed by atoms with Crippen LogP contribution in [0.4, 0.5) is 5.82 Å². The second-order valence-corrected chi connectivity index (χ2v) is 7.21. The van der Waals surface area contributed by atoms with Crippen molar-refractivity contribution in [2.45, 2.75) is 45.1 Å². The summed E-state index contributed by atoms with van der Waals surface area (Å²) >= 11 is 0. The molecule has 0 aliphatic carbocycles. The van der Waals surface area contributed by atoms with Gasteiger partial charge in [-0.1, -0.05) is 13.0 Å². The van der Waals surface area contributed by atoms with Gasteiger partial charge in [0.1, 0.15) is 17.8 Å². The molecule has 0 bridgehead atoms. The number of aromatic nitrogens is 2. The van der Waals surface area contributed by atoms with E-state index >= 15 is 0 Å². The predicted octanol–water partition coefficient (Wildman–Crippen LogP) is 3.55. The highest BCUT2D eigenvalue weighted by atomic mass is 16.5. The Balaban J connectivity index is 1.61. The number of ether oxygens (including phenoxy) is 2. The minimum atomic E-state index is 0.00175. The summed E-state index contributed by atoms with van der Waals surface area (Å²) < 4.78 is 10.6. The van der Waals surface area contributed by atoms with Crippen LogP contribution in [0.1, 0.15) is 48.7 Å². The molecule has 29 heavy (non-hydrogen) atoms. The molecule has 0 spiro atoms. The first-order valence-electron chi connectivity index (χ1n) is 10.2. The van der Waals surface area contributed by atoms with E-state index in [0.717, 1.165) is 37.8 Å². The van der Waals surface area contributed by atoms with E-state index < -0.39 is 0 Å². The number of benzene rings is 1. The van der Waals surface area contributed by atoms with Crippen molar-refractivity contribution in [1.82, 2.24) is 14.9 Å². The Kier molecular flexibility index (Phi) is 7.27. The number of methoxy groups -OCH3 is 2. The molecule has 0 radical (unpaired) electrons. The lowest BCUT2D eigenvalue weighted by Crippen LogP contribution is -2.43. The van der Waals surface area contributed by atoms with Crippen LogP contribution in [0.2, 0.25) is 0 Å². The molecule has 1 aliphatic rings. The van der Waals surface area contributed by atoms with Crippen LogP contribution in [0.3, 0.4) is 0 Å². The molecule has 2 heterocycles. The zero-order chi connectivity index (χ0) is 20.6. The van der Waals surface area contributed by atoms with Gasteiger partial charge in [-0.05, 0) is 49.8 Å². The van der Waals surface area contributed by atoms with Gasteiger partial charge in [0.2, 0.25) is 0 Å². The van der Waals surface area contributed by atoms with Crippen LogP contribution in [0.15, 0.2) is 30.6 Å². The van der Waals surface area contributed by atoms with Crippen molar-refractivity contribution in [3.63, 3.8) is 0 Å². The van der Waals surface area contributed by atoms with Crippen molar-refractivity contribution in [3.8, 4) is 11.5 Å². The van der Waals surface area contributed by atoms with Crippen molar-refractivity contribution in [2.75, 3.05) is 32.6 Å². The number of nitrogens with one attached hydrogen (secondary N) is 1. The van der Waals surface area contributed by atoms with E-state index in [-0.39, 0.29) is 5.91 Å². The van der Waals surface area contributed by atoms with E-state index in [9.17, 15) is 4.79 Å². The lowest BCUT2D eigenvalue weighted by Gasteiger charge is -2.35. The molecule has 7 heteroatoms. The van der Waals surface area contributed by atoms with Gasteiger partial charge < -0.3 is 19.7 Å². The van der Waals surface area contributed by atoms with Crippen molar-refractivity contribution in [1.29, 1.82) is 0 Å². The minimum Gasteiger partial charge on any atom is -0.493 e. The van der Waals surface area contributed by atoms with Crippen molar-refractivity contribution >= 4 is 11.7 Å². The molecule has 3 rings (SSSR count). The SMILES string of the molecule is CCC1CCCCN1C(=O)c1cc(NCCc2ccc(OC)c(OC)c2)ncn1. The van der Waals surface area contributed by atoms with Gasteiger partial charge in [0.25, 0.3) is 5.91 Å². The third-order valence-corrected chi connectivity index (χ3v) is 5.41. The normalized spacial score (nSPS) is 16.4. The highest BCUT2D eigenvalue weighted by Gasteiger charge is 2.27. The first kappa shape index (κ1) is 20.9. The number of carbonyl (C=O) groups excluding carboxylic acids is 1. The van der Waals surface area contributed by atoms with Crippen molar-refractivity contribution in [2.24, 2.45) is 0 Å². The Morgan fingerprint density at radius 1 is 1.17 bits per heavy atom. The number of nitrogens with zero attached hydrogens (tertiary/aromatic N) is 3. The number of amides is 1. The van der Waals surface area contributed by atoms with Gasteiger partial charge >= 0.3 is 0 Å². The van der Waals surface area contributed by atoms with Crippen LogP contribution in [-0.4, -0.2) is 54.1 Å². The molecule has 1 aromatic carbocycles. The summed E-state index contributed by atoms with van der Waals surface area (Å²) in [5, 5.41) is 3.29. The molecular weight excluding hydrogens is 368 g/mol. The number of rotatable bonds is 8. The van der Waals surface area contributed by atoms with Gasteiger partial charge in [0.15, 0.2) is 11.5 Å². The standard InChI is InChI=1S/C22H30N4O3/c1-4-17-7-5-6-12-26(17)22(27)18-14-21(25-15-24-18)23-11-10-16-8-9-19(28-2)20(13-16)29-3/h8-9,13-15,17H,4-7,10-12H2,1-3H3,(H,23,24,25). The van der Waals surface area contributed by atoms with Crippen LogP contribution in [0.5, 0.6) is 11.5 Å². The average molecular weight is 399 g/mol. The number of carbonyl (C=O) groups is 1. The molecule has 1 atom stereocenters. The van der Waals surface area contributed by atoms with Gasteiger partial charge in [-0.15, -0.1) is 0 Å². The summed E-state index contributed by atoms with van der Waals surface area (Å²) in [6, 6.07) is 7.94. The van der Waals surface area contributed by atoms with Crippen LogP contribution in [0, 0.1) is 0 Å². The maximum Gasteiger partial charge on any atom is 0.272 e. The lowest BCUT2D eigenvalue weighted by molar-refractivity contribution is 0.0602. The Labute approximate surface area is 172 Å². The zero-order valence-electron chi connectivity index (χ0n) is 17.5. The maximum atomic E-state index is 12.9. The predicted molar refractivity (Wildman–Crippen MR) is 113 cm³/mol. The number of hydrogen-bond acceptors (Lipinski definition) is 6. The zero-order valence-corrected chi connectivity index (χ0v) is 17.5. The molecule has 1 N–H and O–H groups in total. The monoisotopic (exact) mass is 398 g/mol. The third-order valence-electron chi connectivity index (χ3n) is 5.41. The third kappa shape index (κ3) is 5.16. The van der Waals surface area contributed by atoms with E-state index in [2.05, 4.69) is 22.2 Å². The number of anilines is 1. The second kappa shape index (κ2) is 10.1. The number of likely N-dealkylation sites (tertiary alicyclic amines) is 1. The average Bonchev–Trinajstić information content (AvgIpc) is 2.78. The fourth-order valence-corrected chi connectivity index (χ4v) is 3.78. The largest absolute Gasteiger partial charge is 0.493 e. The Bertz CT molecular complexity index is 827. The second-order valence-electron chi connectivity index (χ2n) is 7.21. The Hall–Kier alpha value is -2.83. The highest BCUT2D eigenvalue weighted by molar-refractivity contribution is 5.93. The highest BCUT2D eigenvalue weighted by Crippen LogP contribution is 2.27. The lowest BCUT2D eigenvalue weighted by atomic mass is 9.99. The molecule has 156 valence electrons. The van der Waals surface area contributed by atoms with E-state index in [1.54, 1.807) is 20.3 Å².